The van der Waals surface area contributed by atoms with Crippen LogP contribution in [0.25, 0.3) is 0 Å². The molecule has 0 saturated carbocycles. The minimum atomic E-state index is 0.190. The second-order valence-corrected chi connectivity index (χ2v) is 4.61. The van der Waals surface area contributed by atoms with E-state index in [1.54, 1.807) is 0 Å². The summed E-state index contributed by atoms with van der Waals surface area (Å²) in [5, 5.41) is 0.436. The number of carbonyl (C=O) groups is 1. The molecule has 0 N–H and O–H groups in total. The van der Waals surface area contributed by atoms with Crippen molar-refractivity contribution in [2.75, 3.05) is 6.61 Å². The summed E-state index contributed by atoms with van der Waals surface area (Å²) in [4.78, 5) is 11.7. The van der Waals surface area contributed by atoms with E-state index >= 15 is 0 Å². The van der Waals surface area contributed by atoms with Crippen LogP contribution in [-0.4, -0.2) is 12.4 Å². The van der Waals surface area contributed by atoms with Gasteiger partial charge in [0, 0.05) is 23.1 Å². The van der Waals surface area contributed by atoms with Gasteiger partial charge >= 0.3 is 0 Å². The van der Waals surface area contributed by atoms with Crippen molar-refractivity contribution < 1.29 is 9.53 Å². The molecule has 0 spiro atoms. The summed E-state index contributed by atoms with van der Waals surface area (Å²) in [6.45, 7) is 0.232. The van der Waals surface area contributed by atoms with Gasteiger partial charge in [0.1, 0.15) is 12.4 Å². The number of ether oxygens (including phenoxy) is 1. The first kappa shape index (κ1) is 12.5. The first-order valence-corrected chi connectivity index (χ1v) is 6.26. The van der Waals surface area contributed by atoms with Crippen molar-refractivity contribution in [3.63, 3.8) is 0 Å². The number of hydrogen-bond acceptors (Lipinski definition) is 2. The maximum absolute atomic E-state index is 11.7. The van der Waals surface area contributed by atoms with Gasteiger partial charge in [0.15, 0.2) is 5.78 Å². The number of ketones is 1. The van der Waals surface area contributed by atoms with Crippen LogP contribution in [0.1, 0.15) is 28.8 Å². The van der Waals surface area contributed by atoms with Gasteiger partial charge < -0.3 is 4.74 Å². The molecule has 0 amide bonds. The highest BCUT2D eigenvalue weighted by Crippen LogP contribution is 2.29. The van der Waals surface area contributed by atoms with Gasteiger partial charge in [-0.15, -0.1) is 0 Å². The molecule has 4 heteroatoms. The van der Waals surface area contributed by atoms with E-state index in [-0.39, 0.29) is 12.4 Å². The lowest BCUT2D eigenvalue weighted by atomic mass is 9.90. The molecule has 2 rings (SSSR count). The zero-order valence-corrected chi connectivity index (χ0v) is 10.7. The second kappa shape index (κ2) is 5.56. The molecule has 0 aromatic heterocycles. The summed E-state index contributed by atoms with van der Waals surface area (Å²) in [5.74, 6) is 0.919. The third-order valence-electron chi connectivity index (χ3n) is 2.75. The Hall–Kier alpha value is -0.990. The normalized spacial score (nSPS) is 15.6. The molecule has 1 aliphatic carbocycles. The van der Waals surface area contributed by atoms with Gasteiger partial charge in [0.25, 0.3) is 0 Å². The molecule has 17 heavy (non-hydrogen) atoms. The first-order valence-electron chi connectivity index (χ1n) is 5.45. The summed E-state index contributed by atoms with van der Waals surface area (Å²) in [5.41, 5.74) is 3.05. The number of carbonyl (C=O) groups excluding carboxylic acids is 1. The molecule has 1 aliphatic rings. The summed E-state index contributed by atoms with van der Waals surface area (Å²) < 4.78 is 5.57. The Kier molecular flexibility index (Phi) is 4.08. The average molecular weight is 271 g/mol. The van der Waals surface area contributed by atoms with Gasteiger partial charge in [-0.25, -0.2) is 0 Å². The van der Waals surface area contributed by atoms with Crippen LogP contribution in [0.4, 0.5) is 0 Å². The minimum absolute atomic E-state index is 0.190. The Balaban J connectivity index is 2.23. The number of halogens is 2. The molecule has 90 valence electrons. The standard InChI is InChI=1S/C13H12Cl2O2/c14-7-9(15)8-17-13-6-2-3-10-11(13)4-1-5-12(10)16/h2-3,6-7H,1,4-5,8H2. The third kappa shape index (κ3) is 2.82. The zero-order valence-electron chi connectivity index (χ0n) is 9.21. The van der Waals surface area contributed by atoms with Crippen LogP contribution in [0.5, 0.6) is 5.75 Å². The number of benzene rings is 1. The Morgan fingerprint density at radius 1 is 1.41 bits per heavy atom. The molecule has 0 atom stereocenters. The van der Waals surface area contributed by atoms with E-state index in [1.165, 1.54) is 5.54 Å². The van der Waals surface area contributed by atoms with Gasteiger partial charge in [-0.3, -0.25) is 4.79 Å². The highest BCUT2D eigenvalue weighted by Gasteiger charge is 2.20. The lowest BCUT2D eigenvalue weighted by Crippen LogP contribution is -2.12. The van der Waals surface area contributed by atoms with E-state index in [0.717, 1.165) is 29.7 Å². The fourth-order valence-electron chi connectivity index (χ4n) is 1.96. The predicted molar refractivity (Wildman–Crippen MR) is 69.0 cm³/mol. The van der Waals surface area contributed by atoms with Crippen LogP contribution in [0.3, 0.4) is 0 Å². The molecule has 0 aliphatic heterocycles. The van der Waals surface area contributed by atoms with Crippen molar-refractivity contribution in [3.05, 3.63) is 39.9 Å². The third-order valence-corrected chi connectivity index (χ3v) is 3.34. The fraction of sp³-hybridized carbons (Fsp3) is 0.308. The Labute approximate surface area is 110 Å². The van der Waals surface area contributed by atoms with Crippen molar-refractivity contribution in [2.24, 2.45) is 0 Å². The van der Waals surface area contributed by atoms with E-state index in [1.807, 2.05) is 18.2 Å². The van der Waals surface area contributed by atoms with Crippen molar-refractivity contribution in [2.45, 2.75) is 19.3 Å². The van der Waals surface area contributed by atoms with Crippen LogP contribution in [0.2, 0.25) is 0 Å². The largest absolute Gasteiger partial charge is 0.488 e. The number of rotatable bonds is 3. The molecule has 1 aromatic rings. The molecular weight excluding hydrogens is 259 g/mol. The van der Waals surface area contributed by atoms with Gasteiger partial charge in [-0.2, -0.15) is 0 Å². The molecule has 0 radical (unpaired) electrons. The topological polar surface area (TPSA) is 26.3 Å². The van der Waals surface area contributed by atoms with Crippen molar-refractivity contribution in [1.82, 2.24) is 0 Å². The van der Waals surface area contributed by atoms with Crippen molar-refractivity contribution >= 4 is 29.0 Å². The average Bonchev–Trinajstić information content (AvgIpc) is 2.36. The molecule has 0 bridgehead atoms. The van der Waals surface area contributed by atoms with Crippen LogP contribution >= 0.6 is 23.2 Å². The van der Waals surface area contributed by atoms with Crippen LogP contribution in [0.15, 0.2) is 28.8 Å². The number of fused-ring (bicyclic) bond motifs is 1. The van der Waals surface area contributed by atoms with Gasteiger partial charge in [-0.1, -0.05) is 35.3 Å². The van der Waals surface area contributed by atoms with E-state index in [2.05, 4.69) is 0 Å². The van der Waals surface area contributed by atoms with Crippen molar-refractivity contribution in [3.8, 4) is 5.75 Å². The van der Waals surface area contributed by atoms with E-state index in [4.69, 9.17) is 27.9 Å². The van der Waals surface area contributed by atoms with Gasteiger partial charge in [0.2, 0.25) is 0 Å². The Bertz CT molecular complexity index is 466. The maximum atomic E-state index is 11.7. The molecule has 0 saturated heterocycles. The first-order chi connectivity index (χ1) is 8.22. The zero-order chi connectivity index (χ0) is 12.3. The second-order valence-electron chi connectivity index (χ2n) is 3.90. The lowest BCUT2D eigenvalue weighted by molar-refractivity contribution is 0.0971. The molecule has 0 unspecified atom stereocenters. The summed E-state index contributed by atoms with van der Waals surface area (Å²) in [6.07, 6.45) is 2.38. The summed E-state index contributed by atoms with van der Waals surface area (Å²) >= 11 is 11.2. The maximum Gasteiger partial charge on any atom is 0.163 e. The summed E-state index contributed by atoms with van der Waals surface area (Å²) in [7, 11) is 0. The lowest BCUT2D eigenvalue weighted by Gasteiger charge is -2.18. The van der Waals surface area contributed by atoms with Gasteiger partial charge in [-0.05, 0) is 18.9 Å². The highest BCUT2D eigenvalue weighted by molar-refractivity contribution is 6.36. The van der Waals surface area contributed by atoms with Crippen LogP contribution in [-0.2, 0) is 6.42 Å². The van der Waals surface area contributed by atoms with Gasteiger partial charge in [0.05, 0.1) is 5.03 Å². The summed E-state index contributed by atoms with van der Waals surface area (Å²) in [6, 6.07) is 5.54. The monoisotopic (exact) mass is 270 g/mol. The molecule has 0 heterocycles. The SMILES string of the molecule is O=C1CCCc2c(OCC(Cl)=CCl)cccc21. The fourth-order valence-corrected chi connectivity index (χ4v) is 2.08. The molecule has 1 aromatic carbocycles. The van der Waals surface area contributed by atoms with E-state index < -0.39 is 0 Å². The van der Waals surface area contributed by atoms with Crippen LogP contribution < -0.4 is 4.74 Å². The quantitative estimate of drug-likeness (QED) is 0.833. The smallest absolute Gasteiger partial charge is 0.163 e. The van der Waals surface area contributed by atoms with Crippen LogP contribution in [0, 0.1) is 0 Å². The molecule has 2 nitrogen and oxygen atoms in total. The number of Topliss-reactive ketones (excluding diaryl/α,β-unsaturated/α-hetero) is 1. The predicted octanol–water partition coefficient (Wildman–Crippen LogP) is 3.90. The Morgan fingerprint density at radius 2 is 2.24 bits per heavy atom. The molecular formula is C13H12Cl2O2. The Morgan fingerprint density at radius 3 is 3.00 bits per heavy atom. The van der Waals surface area contributed by atoms with E-state index in [0.29, 0.717) is 11.5 Å². The van der Waals surface area contributed by atoms with E-state index in [9.17, 15) is 4.79 Å². The molecule has 0 fully saturated rings. The van der Waals surface area contributed by atoms with Crippen molar-refractivity contribution in [1.29, 1.82) is 0 Å². The minimum Gasteiger partial charge on any atom is -0.488 e. The highest BCUT2D eigenvalue weighted by atomic mass is 35.5. The number of hydrogen-bond donors (Lipinski definition) is 0.